The van der Waals surface area contributed by atoms with E-state index in [-0.39, 0.29) is 29.5 Å². The average molecular weight is 629 g/mol. The first-order valence-corrected chi connectivity index (χ1v) is 14.2. The van der Waals surface area contributed by atoms with Gasteiger partial charge >= 0.3 is 0 Å². The molecule has 2 aliphatic rings. The van der Waals surface area contributed by atoms with Crippen LogP contribution in [0.4, 0.5) is 0 Å². The van der Waals surface area contributed by atoms with Crippen molar-refractivity contribution in [3.8, 4) is 11.1 Å². The molecule has 6 heteroatoms. The van der Waals surface area contributed by atoms with Crippen LogP contribution in [0.1, 0.15) is 22.8 Å². The van der Waals surface area contributed by atoms with Gasteiger partial charge in [0.05, 0.1) is 22.8 Å². The first kappa shape index (κ1) is 27.9. The van der Waals surface area contributed by atoms with Gasteiger partial charge < -0.3 is 9.97 Å². The SMILES string of the molecule is C1=Cc2cc3ccc([nH]3)c(-c3cccc4ccc5cc6ccccc6cc5c34)c3nc(cc4ccc(cc1n2)[nH]4)C=C3.Cl.[Fe]. The Bertz CT molecular complexity index is 2490. The molecule has 0 saturated carbocycles. The summed E-state index contributed by atoms with van der Waals surface area (Å²) >= 11 is 0. The number of fused-ring (bicyclic) bond motifs is 12. The third kappa shape index (κ3) is 4.72. The fourth-order valence-electron chi connectivity index (χ4n) is 6.30. The molecule has 0 radical (unpaired) electrons. The molecule has 0 saturated heterocycles. The van der Waals surface area contributed by atoms with Crippen LogP contribution in [0.5, 0.6) is 0 Å². The van der Waals surface area contributed by atoms with Gasteiger partial charge in [-0.05, 0) is 117 Å². The van der Waals surface area contributed by atoms with Gasteiger partial charge in [-0.15, -0.1) is 12.4 Å². The predicted octanol–water partition coefficient (Wildman–Crippen LogP) is 10.2. The van der Waals surface area contributed by atoms with Crippen molar-refractivity contribution in [2.45, 2.75) is 0 Å². The van der Waals surface area contributed by atoms with E-state index in [9.17, 15) is 0 Å². The zero-order valence-electron chi connectivity index (χ0n) is 23.4. The number of hydrogen-bond acceptors (Lipinski definition) is 2. The van der Waals surface area contributed by atoms with Gasteiger partial charge in [-0.1, -0.05) is 54.6 Å². The van der Waals surface area contributed by atoms with Crippen molar-refractivity contribution in [2.24, 2.45) is 0 Å². The van der Waals surface area contributed by atoms with Crippen molar-refractivity contribution in [3.63, 3.8) is 0 Å². The molecule has 0 unspecified atom stereocenters. The van der Waals surface area contributed by atoms with Crippen molar-refractivity contribution in [2.75, 3.05) is 0 Å². The number of halogens is 1. The minimum atomic E-state index is 0. The number of H-pyrrole nitrogens is 2. The molecule has 4 nitrogen and oxygen atoms in total. The zero-order valence-corrected chi connectivity index (χ0v) is 25.3. The number of nitrogens with one attached hydrogen (secondary N) is 2. The topological polar surface area (TPSA) is 57.4 Å². The Balaban J connectivity index is 0.00000156. The fourth-order valence-corrected chi connectivity index (χ4v) is 6.30. The Morgan fingerprint density at radius 1 is 0.477 bits per heavy atom. The van der Waals surface area contributed by atoms with E-state index in [1.54, 1.807) is 0 Å². The van der Waals surface area contributed by atoms with Crippen LogP contribution >= 0.6 is 12.4 Å². The Kier molecular flexibility index (Phi) is 6.95. The molecule has 4 aromatic carbocycles. The molecule has 0 amide bonds. The van der Waals surface area contributed by atoms with Crippen LogP contribution < -0.4 is 0 Å². The number of rotatable bonds is 1. The first-order valence-electron chi connectivity index (χ1n) is 14.2. The van der Waals surface area contributed by atoms with E-state index in [4.69, 9.17) is 9.97 Å². The van der Waals surface area contributed by atoms with Gasteiger partial charge in [-0.3, -0.25) is 0 Å². The van der Waals surface area contributed by atoms with Gasteiger partial charge in [0.25, 0.3) is 0 Å². The normalized spacial score (nSPS) is 12.0. The number of nitrogens with zero attached hydrogens (tertiary/aromatic N) is 2. The van der Waals surface area contributed by atoms with E-state index in [1.165, 1.54) is 32.3 Å². The van der Waals surface area contributed by atoms with Gasteiger partial charge in [-0.25, -0.2) is 9.97 Å². The van der Waals surface area contributed by atoms with E-state index in [0.717, 1.165) is 56.0 Å². The summed E-state index contributed by atoms with van der Waals surface area (Å²) in [5.74, 6) is 0. The molecule has 7 aromatic rings. The molecule has 2 N–H and O–H groups in total. The maximum Gasteiger partial charge on any atom is 0.0737 e. The summed E-state index contributed by atoms with van der Waals surface area (Å²) in [7, 11) is 0. The average Bonchev–Trinajstić information content (AvgIpc) is 3.83. The number of aromatic amines is 2. The van der Waals surface area contributed by atoms with E-state index in [1.807, 2.05) is 6.08 Å². The number of benzene rings is 4. The Hall–Kier alpha value is -4.93. The third-order valence-corrected chi connectivity index (χ3v) is 8.22. The summed E-state index contributed by atoms with van der Waals surface area (Å²) in [6, 6.07) is 38.9. The molecule has 44 heavy (non-hydrogen) atoms. The summed E-state index contributed by atoms with van der Waals surface area (Å²) in [6.07, 6.45) is 8.32. The van der Waals surface area contributed by atoms with Crippen molar-refractivity contribution in [1.82, 2.24) is 19.9 Å². The molecule has 3 aromatic heterocycles. The van der Waals surface area contributed by atoms with E-state index in [0.29, 0.717) is 0 Å². The first-order chi connectivity index (χ1) is 20.7. The monoisotopic (exact) mass is 628 g/mol. The van der Waals surface area contributed by atoms with Crippen LogP contribution in [0, 0.1) is 0 Å². The van der Waals surface area contributed by atoms with Crippen LogP contribution in [-0.2, 0) is 17.1 Å². The molecule has 0 aliphatic carbocycles. The molecular formula is C38H25ClFeN4. The largest absolute Gasteiger partial charge is 0.355 e. The predicted molar refractivity (Wildman–Crippen MR) is 184 cm³/mol. The molecular weight excluding hydrogens is 604 g/mol. The molecule has 0 atom stereocenters. The van der Waals surface area contributed by atoms with Crippen molar-refractivity contribution >= 4 is 91.1 Å². The summed E-state index contributed by atoms with van der Waals surface area (Å²) in [5, 5.41) is 7.38. The van der Waals surface area contributed by atoms with E-state index < -0.39 is 0 Å². The van der Waals surface area contributed by atoms with Gasteiger partial charge in [0.2, 0.25) is 0 Å². The molecule has 9 rings (SSSR count). The minimum absolute atomic E-state index is 0. The van der Waals surface area contributed by atoms with Gasteiger partial charge in [0.1, 0.15) is 0 Å². The van der Waals surface area contributed by atoms with Crippen LogP contribution in [0.3, 0.4) is 0 Å². The van der Waals surface area contributed by atoms with Crippen LogP contribution in [0.25, 0.3) is 89.8 Å². The van der Waals surface area contributed by atoms with E-state index >= 15 is 0 Å². The summed E-state index contributed by atoms with van der Waals surface area (Å²) in [4.78, 5) is 17.1. The third-order valence-electron chi connectivity index (χ3n) is 8.22. The molecule has 0 fully saturated rings. The Labute approximate surface area is 270 Å². The van der Waals surface area contributed by atoms with Crippen LogP contribution in [0.2, 0.25) is 0 Å². The smallest absolute Gasteiger partial charge is 0.0737 e. The fraction of sp³-hybridized carbons (Fsp3) is 0. The maximum absolute atomic E-state index is 5.15. The van der Waals surface area contributed by atoms with Crippen LogP contribution in [-0.4, -0.2) is 19.9 Å². The van der Waals surface area contributed by atoms with E-state index in [2.05, 4.69) is 137 Å². The summed E-state index contributed by atoms with van der Waals surface area (Å²) in [6.45, 7) is 0. The second-order valence-electron chi connectivity index (χ2n) is 10.9. The maximum atomic E-state index is 5.15. The minimum Gasteiger partial charge on any atom is -0.355 e. The van der Waals surface area contributed by atoms with Crippen molar-refractivity contribution in [3.05, 3.63) is 132 Å². The molecule has 5 heterocycles. The number of hydrogen-bond donors (Lipinski definition) is 2. The summed E-state index contributed by atoms with van der Waals surface area (Å²) in [5.41, 5.74) is 9.92. The standard InChI is InChI=1S/C38H24N4.ClH.Fe/c1-2-5-25-19-34-26(18-24(25)4-1)9-8-23-6-3-7-33(37(23)34)38-35-16-14-31(41-35)21-29-12-10-27(39-29)20-28-11-13-30(40-28)22-32-15-17-36(38)42-32;;/h1-22,39,42H;1H;. The molecule has 8 bridgehead atoms. The van der Waals surface area contributed by atoms with Crippen LogP contribution in [0.15, 0.2) is 109 Å². The zero-order chi connectivity index (χ0) is 27.6. The Morgan fingerprint density at radius 2 is 1.09 bits per heavy atom. The van der Waals surface area contributed by atoms with Gasteiger partial charge in [0, 0.05) is 44.7 Å². The van der Waals surface area contributed by atoms with Gasteiger partial charge in [-0.2, -0.15) is 0 Å². The summed E-state index contributed by atoms with van der Waals surface area (Å²) < 4.78 is 0. The van der Waals surface area contributed by atoms with Crippen molar-refractivity contribution in [1.29, 1.82) is 0 Å². The van der Waals surface area contributed by atoms with Gasteiger partial charge in [0.15, 0.2) is 0 Å². The number of aromatic nitrogens is 4. The Morgan fingerprint density at radius 3 is 1.86 bits per heavy atom. The molecule has 212 valence electrons. The quantitative estimate of drug-likeness (QED) is 0.108. The second kappa shape index (κ2) is 11.0. The van der Waals surface area contributed by atoms with Crippen molar-refractivity contribution < 1.29 is 17.1 Å². The second-order valence-corrected chi connectivity index (χ2v) is 10.9. The molecule has 0 spiro atoms. The molecule has 2 aliphatic heterocycles.